The molecule has 2 aliphatic heterocycles. The lowest BCUT2D eigenvalue weighted by atomic mass is 10.1. The molecule has 194 valence electrons. The molecule has 0 bridgehead atoms. The molecule has 5 heterocycles. The standard InChI is InChI=1S/C22H30N8O6/c1-21(2,32-6)33-9-12-14-15(36-22(3,4)35-14)19(34-12)29-10-25-13-16(23)27-20(28-17(13)29)30-8-11(7-26-30)18(31)24-5/h7-8,10,12,14-15,19H,9H2,1-6H3,(H,24,31)(H2,23,27,28)/t12-,14+,15+,19-/m1/s1. The van der Waals surface area contributed by atoms with E-state index in [2.05, 4.69) is 25.4 Å². The fourth-order valence-corrected chi connectivity index (χ4v) is 4.27. The van der Waals surface area contributed by atoms with Crippen molar-refractivity contribution < 1.29 is 28.5 Å². The van der Waals surface area contributed by atoms with E-state index in [1.54, 1.807) is 18.0 Å². The van der Waals surface area contributed by atoms with Gasteiger partial charge in [-0.1, -0.05) is 0 Å². The summed E-state index contributed by atoms with van der Waals surface area (Å²) >= 11 is 0. The number of nitrogens with zero attached hydrogens (tertiary/aromatic N) is 6. The van der Waals surface area contributed by atoms with Crippen LogP contribution in [0.1, 0.15) is 44.3 Å². The van der Waals surface area contributed by atoms with Crippen molar-refractivity contribution in [3.63, 3.8) is 0 Å². The molecular formula is C22H30N8O6. The van der Waals surface area contributed by atoms with Crippen molar-refractivity contribution in [3.05, 3.63) is 24.3 Å². The van der Waals surface area contributed by atoms with Crippen LogP contribution in [0.4, 0.5) is 5.82 Å². The maximum Gasteiger partial charge on any atom is 0.254 e. The van der Waals surface area contributed by atoms with E-state index in [0.29, 0.717) is 16.7 Å². The number of carbonyl (C=O) groups is 1. The first-order chi connectivity index (χ1) is 17.0. The first-order valence-electron chi connectivity index (χ1n) is 11.5. The lowest BCUT2D eigenvalue weighted by Gasteiger charge is -2.28. The SMILES string of the molecule is CNC(=O)c1cnn(-c2nc(N)c3ncn([C@@H]4O[C@H](COC(C)(C)OC)[C@@H]5OC(C)(C)O[C@@H]54)c3n2)c1. The molecule has 14 heteroatoms. The Balaban J connectivity index is 1.50. The highest BCUT2D eigenvalue weighted by Crippen LogP contribution is 2.44. The van der Waals surface area contributed by atoms with Crippen LogP contribution >= 0.6 is 0 Å². The molecule has 5 rings (SSSR count). The lowest BCUT2D eigenvalue weighted by molar-refractivity contribution is -0.235. The summed E-state index contributed by atoms with van der Waals surface area (Å²) in [5, 5.41) is 6.75. The Hall–Kier alpha value is -3.17. The van der Waals surface area contributed by atoms with Gasteiger partial charge >= 0.3 is 0 Å². The van der Waals surface area contributed by atoms with Gasteiger partial charge in [-0.15, -0.1) is 0 Å². The number of nitrogens with two attached hydrogens (primary N) is 1. The van der Waals surface area contributed by atoms with Gasteiger partial charge in [-0.3, -0.25) is 9.36 Å². The summed E-state index contributed by atoms with van der Waals surface area (Å²) in [4.78, 5) is 25.3. The zero-order chi connectivity index (χ0) is 25.8. The minimum atomic E-state index is -0.812. The number of amides is 1. The van der Waals surface area contributed by atoms with Crippen LogP contribution in [-0.2, 0) is 23.7 Å². The van der Waals surface area contributed by atoms with E-state index in [9.17, 15) is 4.79 Å². The summed E-state index contributed by atoms with van der Waals surface area (Å²) in [7, 11) is 3.12. The Bertz CT molecular complexity index is 1290. The van der Waals surface area contributed by atoms with Gasteiger partial charge in [0, 0.05) is 20.4 Å². The number of fused-ring (bicyclic) bond motifs is 2. The van der Waals surface area contributed by atoms with Crippen molar-refractivity contribution in [1.82, 2.24) is 34.6 Å². The van der Waals surface area contributed by atoms with Crippen LogP contribution in [-0.4, -0.2) is 85.9 Å². The highest BCUT2D eigenvalue weighted by molar-refractivity contribution is 5.93. The van der Waals surface area contributed by atoms with Crippen LogP contribution in [0, 0.1) is 0 Å². The maximum atomic E-state index is 11.9. The molecule has 3 aromatic heterocycles. The first-order valence-corrected chi connectivity index (χ1v) is 11.5. The molecular weight excluding hydrogens is 472 g/mol. The van der Waals surface area contributed by atoms with Crippen LogP contribution in [0.5, 0.6) is 0 Å². The van der Waals surface area contributed by atoms with Crippen LogP contribution in [0.3, 0.4) is 0 Å². The van der Waals surface area contributed by atoms with Crippen LogP contribution in [0.2, 0.25) is 0 Å². The molecule has 0 unspecified atom stereocenters. The van der Waals surface area contributed by atoms with Gasteiger partial charge in [-0.25, -0.2) is 9.67 Å². The average Bonchev–Trinajstić information content (AvgIpc) is 3.60. The largest absolute Gasteiger partial charge is 0.382 e. The second-order valence-corrected chi connectivity index (χ2v) is 9.53. The molecule has 1 amide bonds. The average molecular weight is 503 g/mol. The predicted octanol–water partition coefficient (Wildman–Crippen LogP) is 0.770. The number of anilines is 1. The van der Waals surface area contributed by atoms with Gasteiger partial charge in [0.15, 0.2) is 29.3 Å². The van der Waals surface area contributed by atoms with Crippen LogP contribution < -0.4 is 11.1 Å². The molecule has 36 heavy (non-hydrogen) atoms. The molecule has 4 atom stereocenters. The molecule has 14 nitrogen and oxygen atoms in total. The monoisotopic (exact) mass is 502 g/mol. The van der Waals surface area contributed by atoms with Gasteiger partial charge in [-0.05, 0) is 27.7 Å². The van der Waals surface area contributed by atoms with Crippen molar-refractivity contribution in [2.75, 3.05) is 26.5 Å². The first kappa shape index (κ1) is 24.5. The molecule has 0 aliphatic carbocycles. The Morgan fingerprint density at radius 3 is 2.75 bits per heavy atom. The number of nitrogen functional groups attached to an aromatic ring is 1. The minimum absolute atomic E-state index is 0.158. The summed E-state index contributed by atoms with van der Waals surface area (Å²) in [6.07, 6.45) is 2.61. The van der Waals surface area contributed by atoms with Crippen LogP contribution in [0.15, 0.2) is 18.7 Å². The van der Waals surface area contributed by atoms with Crippen molar-refractivity contribution in [1.29, 1.82) is 0 Å². The molecule has 3 N–H and O–H groups in total. The topological polar surface area (TPSA) is 163 Å². The Labute approximate surface area is 207 Å². The van der Waals surface area contributed by atoms with Gasteiger partial charge < -0.3 is 34.7 Å². The Morgan fingerprint density at radius 1 is 1.28 bits per heavy atom. The minimum Gasteiger partial charge on any atom is -0.382 e. The third-order valence-corrected chi connectivity index (χ3v) is 6.20. The summed E-state index contributed by atoms with van der Waals surface area (Å²) < 4.78 is 33.1. The Kier molecular flexibility index (Phi) is 5.95. The molecule has 0 radical (unpaired) electrons. The van der Waals surface area contributed by atoms with E-state index in [1.165, 1.54) is 24.1 Å². The van der Waals surface area contributed by atoms with E-state index >= 15 is 0 Å². The zero-order valence-electron chi connectivity index (χ0n) is 21.0. The number of hydrogen-bond acceptors (Lipinski definition) is 11. The second-order valence-electron chi connectivity index (χ2n) is 9.53. The zero-order valence-corrected chi connectivity index (χ0v) is 21.0. The number of aromatic nitrogens is 6. The van der Waals surface area contributed by atoms with Gasteiger partial charge in [0.1, 0.15) is 23.8 Å². The highest BCUT2D eigenvalue weighted by Gasteiger charge is 2.56. The number of hydrogen-bond donors (Lipinski definition) is 2. The quantitative estimate of drug-likeness (QED) is 0.439. The predicted molar refractivity (Wildman–Crippen MR) is 125 cm³/mol. The number of methoxy groups -OCH3 is 1. The van der Waals surface area contributed by atoms with E-state index < -0.39 is 36.1 Å². The molecule has 2 saturated heterocycles. The highest BCUT2D eigenvalue weighted by atomic mass is 16.8. The van der Waals surface area contributed by atoms with Crippen molar-refractivity contribution >= 4 is 22.9 Å². The third kappa shape index (κ3) is 4.30. The Morgan fingerprint density at radius 2 is 2.03 bits per heavy atom. The van der Waals surface area contributed by atoms with Crippen molar-refractivity contribution in [2.45, 2.75) is 63.8 Å². The summed E-state index contributed by atoms with van der Waals surface area (Å²) in [6, 6.07) is 0. The van der Waals surface area contributed by atoms with Gasteiger partial charge in [0.2, 0.25) is 0 Å². The number of carbonyl (C=O) groups excluding carboxylic acids is 1. The van der Waals surface area contributed by atoms with Gasteiger partial charge in [0.05, 0.1) is 24.7 Å². The van der Waals surface area contributed by atoms with E-state index in [1.807, 2.05) is 27.7 Å². The number of imidazole rings is 1. The number of ether oxygens (including phenoxy) is 5. The second kappa shape index (κ2) is 8.74. The van der Waals surface area contributed by atoms with Crippen molar-refractivity contribution in [2.24, 2.45) is 0 Å². The van der Waals surface area contributed by atoms with Crippen LogP contribution in [0.25, 0.3) is 17.1 Å². The summed E-state index contributed by atoms with van der Waals surface area (Å²) in [5.74, 6) is -1.55. The fraction of sp³-hybridized carbons (Fsp3) is 0.591. The smallest absolute Gasteiger partial charge is 0.254 e. The van der Waals surface area contributed by atoms with Crippen molar-refractivity contribution in [3.8, 4) is 5.95 Å². The third-order valence-electron chi connectivity index (χ3n) is 6.20. The lowest BCUT2D eigenvalue weighted by Crippen LogP contribution is -2.37. The number of rotatable bonds is 7. The summed E-state index contributed by atoms with van der Waals surface area (Å²) in [5.41, 5.74) is 7.39. The van der Waals surface area contributed by atoms with Gasteiger partial charge in [-0.2, -0.15) is 15.1 Å². The molecule has 0 saturated carbocycles. The molecule has 0 aromatic carbocycles. The number of nitrogens with one attached hydrogen (secondary N) is 1. The van der Waals surface area contributed by atoms with E-state index in [4.69, 9.17) is 29.4 Å². The molecule has 2 fully saturated rings. The molecule has 0 spiro atoms. The normalized spacial score (nSPS) is 25.4. The van der Waals surface area contributed by atoms with Gasteiger partial charge in [0.25, 0.3) is 11.9 Å². The molecule has 3 aromatic rings. The fourth-order valence-electron chi connectivity index (χ4n) is 4.27. The maximum absolute atomic E-state index is 11.9. The van der Waals surface area contributed by atoms with E-state index in [0.717, 1.165) is 0 Å². The summed E-state index contributed by atoms with van der Waals surface area (Å²) in [6.45, 7) is 7.57. The van der Waals surface area contributed by atoms with E-state index in [-0.39, 0.29) is 24.3 Å². The molecule has 2 aliphatic rings.